The summed E-state index contributed by atoms with van der Waals surface area (Å²) >= 11 is 0. The molecule has 2 unspecified atom stereocenters. The van der Waals surface area contributed by atoms with Gasteiger partial charge in [-0.2, -0.15) is 13.2 Å². The number of halogens is 3. The van der Waals surface area contributed by atoms with Crippen molar-refractivity contribution in [1.29, 1.82) is 0 Å². The molecule has 0 saturated heterocycles. The fourth-order valence-corrected chi connectivity index (χ4v) is 1.85. The van der Waals surface area contributed by atoms with Gasteiger partial charge in [0.05, 0.1) is 6.54 Å². The molecule has 1 N–H and O–H groups in total. The lowest BCUT2D eigenvalue weighted by Crippen LogP contribution is -2.45. The lowest BCUT2D eigenvalue weighted by atomic mass is 10.0. The fraction of sp³-hybridized carbons (Fsp3) is 1.00. The summed E-state index contributed by atoms with van der Waals surface area (Å²) in [6.45, 7) is 9.08. The van der Waals surface area contributed by atoms with E-state index in [0.29, 0.717) is 6.54 Å². The zero-order chi connectivity index (χ0) is 13.5. The molecule has 0 aliphatic rings. The summed E-state index contributed by atoms with van der Waals surface area (Å²) in [6.07, 6.45) is -3.37. The molecule has 2 atom stereocenters. The van der Waals surface area contributed by atoms with Gasteiger partial charge in [-0.05, 0) is 38.9 Å². The molecule has 5 heteroatoms. The van der Waals surface area contributed by atoms with Crippen LogP contribution in [0.1, 0.15) is 34.1 Å². The topological polar surface area (TPSA) is 15.3 Å². The van der Waals surface area contributed by atoms with Crippen LogP contribution >= 0.6 is 0 Å². The van der Waals surface area contributed by atoms with Gasteiger partial charge in [-0.15, -0.1) is 0 Å². The molecule has 17 heavy (non-hydrogen) atoms. The minimum Gasteiger partial charge on any atom is -0.317 e. The van der Waals surface area contributed by atoms with Crippen LogP contribution in [0.4, 0.5) is 13.2 Å². The Morgan fingerprint density at radius 1 is 1.18 bits per heavy atom. The van der Waals surface area contributed by atoms with Crippen molar-refractivity contribution in [2.75, 3.05) is 26.2 Å². The molecule has 2 nitrogen and oxygen atoms in total. The van der Waals surface area contributed by atoms with Gasteiger partial charge in [0.2, 0.25) is 0 Å². The van der Waals surface area contributed by atoms with Gasteiger partial charge < -0.3 is 5.32 Å². The van der Waals surface area contributed by atoms with Crippen molar-refractivity contribution in [3.05, 3.63) is 0 Å². The van der Waals surface area contributed by atoms with Gasteiger partial charge >= 0.3 is 6.18 Å². The zero-order valence-electron chi connectivity index (χ0n) is 11.3. The second kappa shape index (κ2) is 7.93. The van der Waals surface area contributed by atoms with Gasteiger partial charge in [-0.1, -0.05) is 20.8 Å². The second-order valence-corrected chi connectivity index (χ2v) is 4.61. The molecule has 0 aromatic carbocycles. The molecule has 0 spiro atoms. The van der Waals surface area contributed by atoms with E-state index < -0.39 is 12.7 Å². The van der Waals surface area contributed by atoms with E-state index in [2.05, 4.69) is 5.32 Å². The molecule has 0 saturated carbocycles. The molecule has 0 aliphatic carbocycles. The van der Waals surface area contributed by atoms with Crippen LogP contribution in [-0.2, 0) is 0 Å². The summed E-state index contributed by atoms with van der Waals surface area (Å²) in [5.74, 6) is 0.212. The summed E-state index contributed by atoms with van der Waals surface area (Å²) in [5.41, 5.74) is 0. The minimum absolute atomic E-state index is 0.0596. The highest BCUT2D eigenvalue weighted by Gasteiger charge is 2.33. The van der Waals surface area contributed by atoms with Crippen molar-refractivity contribution in [2.24, 2.45) is 5.92 Å². The molecule has 0 amide bonds. The maximum absolute atomic E-state index is 12.4. The van der Waals surface area contributed by atoms with Crippen LogP contribution in [0, 0.1) is 5.92 Å². The molecule has 0 aromatic heterocycles. The zero-order valence-corrected chi connectivity index (χ0v) is 11.3. The average Bonchev–Trinajstić information content (AvgIpc) is 2.22. The van der Waals surface area contributed by atoms with Crippen LogP contribution < -0.4 is 5.32 Å². The number of hydrogen-bond donors (Lipinski definition) is 1. The van der Waals surface area contributed by atoms with Crippen LogP contribution in [0.2, 0.25) is 0 Å². The Bertz CT molecular complexity index is 195. The van der Waals surface area contributed by atoms with Gasteiger partial charge in [0.25, 0.3) is 0 Å². The summed E-state index contributed by atoms with van der Waals surface area (Å²) in [7, 11) is 0. The molecule has 0 rings (SSSR count). The third kappa shape index (κ3) is 7.60. The van der Waals surface area contributed by atoms with Crippen LogP contribution in [0.25, 0.3) is 0 Å². The van der Waals surface area contributed by atoms with Crippen molar-refractivity contribution in [1.82, 2.24) is 10.2 Å². The van der Waals surface area contributed by atoms with E-state index in [-0.39, 0.29) is 12.0 Å². The van der Waals surface area contributed by atoms with Crippen LogP contribution in [0.5, 0.6) is 0 Å². The fourth-order valence-electron chi connectivity index (χ4n) is 1.85. The Labute approximate surface area is 103 Å². The molecule has 0 aromatic rings. The third-order valence-corrected chi connectivity index (χ3v) is 3.01. The molecule has 0 radical (unpaired) electrons. The van der Waals surface area contributed by atoms with Gasteiger partial charge in [-0.25, -0.2) is 0 Å². The van der Waals surface area contributed by atoms with Gasteiger partial charge in [0, 0.05) is 6.04 Å². The molecule has 0 fully saturated rings. The van der Waals surface area contributed by atoms with Crippen LogP contribution in [0.3, 0.4) is 0 Å². The van der Waals surface area contributed by atoms with E-state index in [1.807, 2.05) is 27.7 Å². The molecule has 104 valence electrons. The first kappa shape index (κ1) is 16.7. The lowest BCUT2D eigenvalue weighted by molar-refractivity contribution is -0.152. The molecule has 0 aliphatic heterocycles. The quantitative estimate of drug-likeness (QED) is 0.716. The highest BCUT2D eigenvalue weighted by molar-refractivity contribution is 4.76. The summed E-state index contributed by atoms with van der Waals surface area (Å²) in [6, 6.07) is -0.0596. The molecular formula is C12H25F3N2. The van der Waals surface area contributed by atoms with E-state index >= 15 is 0 Å². The number of nitrogens with zero attached hydrogens (tertiary/aromatic N) is 1. The van der Waals surface area contributed by atoms with Gasteiger partial charge in [0.15, 0.2) is 0 Å². The minimum atomic E-state index is -4.11. The monoisotopic (exact) mass is 254 g/mol. The standard InChI is InChI=1S/C12H25F3N2/c1-5-7-17(9-12(13,14)15)11(4)10(3)8-16-6-2/h10-11,16H,5-9H2,1-4H3. The van der Waals surface area contributed by atoms with Gasteiger partial charge in [0.1, 0.15) is 0 Å². The normalized spacial score (nSPS) is 16.2. The number of hydrogen-bond acceptors (Lipinski definition) is 2. The first-order chi connectivity index (χ1) is 7.81. The summed E-state index contributed by atoms with van der Waals surface area (Å²) in [5, 5.41) is 3.18. The maximum Gasteiger partial charge on any atom is 0.401 e. The first-order valence-electron chi connectivity index (χ1n) is 6.33. The van der Waals surface area contributed by atoms with Crippen molar-refractivity contribution in [3.8, 4) is 0 Å². The number of nitrogens with one attached hydrogen (secondary N) is 1. The number of rotatable bonds is 8. The predicted molar refractivity (Wildman–Crippen MR) is 65.1 cm³/mol. The Hall–Kier alpha value is -0.290. The molecule has 0 heterocycles. The van der Waals surface area contributed by atoms with E-state index in [1.54, 1.807) is 0 Å². The smallest absolute Gasteiger partial charge is 0.317 e. The number of alkyl halides is 3. The Morgan fingerprint density at radius 3 is 2.18 bits per heavy atom. The first-order valence-corrected chi connectivity index (χ1v) is 6.33. The summed E-state index contributed by atoms with van der Waals surface area (Å²) < 4.78 is 37.3. The highest BCUT2D eigenvalue weighted by atomic mass is 19.4. The van der Waals surface area contributed by atoms with E-state index in [1.165, 1.54) is 4.90 Å². The Balaban J connectivity index is 4.36. The third-order valence-electron chi connectivity index (χ3n) is 3.01. The van der Waals surface area contributed by atoms with E-state index in [4.69, 9.17) is 0 Å². The Kier molecular flexibility index (Phi) is 7.79. The lowest BCUT2D eigenvalue weighted by Gasteiger charge is -2.33. The summed E-state index contributed by atoms with van der Waals surface area (Å²) in [4.78, 5) is 1.53. The predicted octanol–water partition coefficient (Wildman–Crippen LogP) is 2.89. The average molecular weight is 254 g/mol. The second-order valence-electron chi connectivity index (χ2n) is 4.61. The van der Waals surface area contributed by atoms with Crippen molar-refractivity contribution in [3.63, 3.8) is 0 Å². The van der Waals surface area contributed by atoms with Gasteiger partial charge in [-0.3, -0.25) is 4.90 Å². The largest absolute Gasteiger partial charge is 0.401 e. The van der Waals surface area contributed by atoms with E-state index in [9.17, 15) is 13.2 Å². The van der Waals surface area contributed by atoms with Crippen molar-refractivity contribution < 1.29 is 13.2 Å². The maximum atomic E-state index is 12.4. The van der Waals surface area contributed by atoms with Crippen LogP contribution in [0.15, 0.2) is 0 Å². The van der Waals surface area contributed by atoms with Crippen molar-refractivity contribution in [2.45, 2.75) is 46.3 Å². The molecular weight excluding hydrogens is 229 g/mol. The van der Waals surface area contributed by atoms with E-state index in [0.717, 1.165) is 19.5 Å². The Morgan fingerprint density at radius 2 is 1.76 bits per heavy atom. The highest BCUT2D eigenvalue weighted by Crippen LogP contribution is 2.20. The molecule has 0 bridgehead atoms. The van der Waals surface area contributed by atoms with Crippen LogP contribution in [-0.4, -0.2) is 43.3 Å². The van der Waals surface area contributed by atoms with Crippen molar-refractivity contribution >= 4 is 0 Å². The SMILES string of the molecule is CCCN(CC(F)(F)F)C(C)C(C)CNCC.